The zero-order chi connectivity index (χ0) is 25.2. The molecule has 2 heterocycles. The Kier molecular flexibility index (Phi) is 7.25. The van der Waals surface area contributed by atoms with Crippen molar-refractivity contribution in [3.8, 4) is 11.5 Å². The Bertz CT molecular complexity index is 1320. The van der Waals surface area contributed by atoms with Gasteiger partial charge in [0.05, 0.1) is 17.2 Å². The van der Waals surface area contributed by atoms with E-state index in [4.69, 9.17) is 14.9 Å². The van der Waals surface area contributed by atoms with Gasteiger partial charge in [-0.1, -0.05) is 37.5 Å². The molecule has 1 fully saturated rings. The van der Waals surface area contributed by atoms with Crippen molar-refractivity contribution < 1.29 is 18.7 Å². The molecule has 7 nitrogen and oxygen atoms in total. The number of carbonyl (C=O) groups excluding carboxylic acids is 1. The Balaban J connectivity index is 1.39. The third kappa shape index (κ3) is 4.97. The van der Waals surface area contributed by atoms with Crippen LogP contribution in [0, 0.1) is 17.1 Å². The van der Waals surface area contributed by atoms with Gasteiger partial charge in [-0.15, -0.1) is 0 Å². The van der Waals surface area contributed by atoms with Crippen LogP contribution >= 0.6 is 27.7 Å². The lowest BCUT2D eigenvalue weighted by molar-refractivity contribution is -0.114. The monoisotopic (exact) mass is 570 g/mol. The number of fused-ring (bicyclic) bond motifs is 1. The Morgan fingerprint density at radius 3 is 2.78 bits per heavy atom. The summed E-state index contributed by atoms with van der Waals surface area (Å²) in [7, 11) is 1.50. The van der Waals surface area contributed by atoms with E-state index in [0.717, 1.165) is 17.9 Å². The van der Waals surface area contributed by atoms with Crippen molar-refractivity contribution in [2.24, 2.45) is 16.0 Å². The smallest absolute Gasteiger partial charge is 0.283 e. The molecule has 1 N–H and O–H groups in total. The number of hydrazone groups is 1. The van der Waals surface area contributed by atoms with Crippen molar-refractivity contribution in [1.82, 2.24) is 5.01 Å². The van der Waals surface area contributed by atoms with Crippen LogP contribution in [-0.2, 0) is 11.4 Å². The normalized spacial score (nSPS) is 19.3. The number of halogens is 2. The van der Waals surface area contributed by atoms with Crippen molar-refractivity contribution >= 4 is 55.7 Å². The number of amidine groups is 2. The first-order chi connectivity index (χ1) is 17.4. The predicted octanol–water partition coefficient (Wildman–Crippen LogP) is 6.38. The minimum Gasteiger partial charge on any atom is -0.493 e. The number of hydrogen-bond acceptors (Lipinski definition) is 6. The number of aliphatic imine (C=N–C) groups is 1. The second kappa shape index (κ2) is 10.6. The fraction of sp³-hybridized carbons (Fsp3) is 0.308. The van der Waals surface area contributed by atoms with Crippen molar-refractivity contribution in [3.05, 3.63) is 63.4 Å². The highest BCUT2D eigenvalue weighted by Crippen LogP contribution is 2.39. The Labute approximate surface area is 221 Å². The van der Waals surface area contributed by atoms with Gasteiger partial charge in [0, 0.05) is 11.5 Å². The van der Waals surface area contributed by atoms with Crippen LogP contribution in [0.1, 0.15) is 43.2 Å². The van der Waals surface area contributed by atoms with E-state index in [0.29, 0.717) is 38.2 Å². The van der Waals surface area contributed by atoms with Gasteiger partial charge in [0.2, 0.25) is 5.17 Å². The van der Waals surface area contributed by atoms with Crippen molar-refractivity contribution in [2.75, 3.05) is 7.11 Å². The van der Waals surface area contributed by atoms with Gasteiger partial charge in [0.1, 0.15) is 17.5 Å². The summed E-state index contributed by atoms with van der Waals surface area (Å²) >= 11 is 4.89. The maximum absolute atomic E-state index is 14.0. The first-order valence-corrected chi connectivity index (χ1v) is 13.3. The molecular weight excluding hydrogens is 547 g/mol. The maximum atomic E-state index is 14.0. The molecule has 2 aromatic carbocycles. The molecule has 0 atom stereocenters. The summed E-state index contributed by atoms with van der Waals surface area (Å²) in [5.41, 5.74) is 1.18. The second-order valence-electron chi connectivity index (χ2n) is 8.71. The van der Waals surface area contributed by atoms with Crippen LogP contribution in [0.2, 0.25) is 0 Å². The number of amides is 1. The molecule has 0 saturated heterocycles. The molecule has 0 unspecified atom stereocenters. The van der Waals surface area contributed by atoms with Crippen LogP contribution in [-0.4, -0.2) is 34.1 Å². The van der Waals surface area contributed by atoms with E-state index in [1.807, 2.05) is 0 Å². The van der Waals surface area contributed by atoms with E-state index < -0.39 is 5.91 Å². The highest BCUT2D eigenvalue weighted by Gasteiger charge is 2.38. The highest BCUT2D eigenvalue weighted by atomic mass is 79.9. The summed E-state index contributed by atoms with van der Waals surface area (Å²) in [6, 6.07) is 9.85. The lowest BCUT2D eigenvalue weighted by atomic mass is 9.90. The van der Waals surface area contributed by atoms with E-state index in [9.17, 15) is 9.18 Å². The first kappa shape index (κ1) is 24.7. The molecule has 186 valence electrons. The van der Waals surface area contributed by atoms with Gasteiger partial charge >= 0.3 is 0 Å². The van der Waals surface area contributed by atoms with Crippen molar-refractivity contribution in [1.29, 1.82) is 5.41 Å². The van der Waals surface area contributed by atoms with Crippen molar-refractivity contribution in [3.63, 3.8) is 0 Å². The van der Waals surface area contributed by atoms with Gasteiger partial charge in [-0.25, -0.2) is 4.39 Å². The van der Waals surface area contributed by atoms with E-state index in [2.05, 4.69) is 26.0 Å². The van der Waals surface area contributed by atoms with Gasteiger partial charge in [-0.2, -0.15) is 15.1 Å². The Morgan fingerprint density at radius 1 is 1.25 bits per heavy atom. The second-order valence-corrected chi connectivity index (χ2v) is 10.5. The molecule has 1 saturated carbocycles. The number of methoxy groups -OCH3 is 1. The first-order valence-electron chi connectivity index (χ1n) is 11.7. The number of hydrogen-bond donors (Lipinski definition) is 1. The van der Waals surface area contributed by atoms with Gasteiger partial charge in [0.25, 0.3) is 5.91 Å². The van der Waals surface area contributed by atoms with Crippen LogP contribution in [0.25, 0.3) is 6.08 Å². The lowest BCUT2D eigenvalue weighted by Crippen LogP contribution is -2.35. The van der Waals surface area contributed by atoms with Crippen LogP contribution in [0.4, 0.5) is 4.39 Å². The number of rotatable bonds is 6. The number of benzene rings is 2. The highest BCUT2D eigenvalue weighted by molar-refractivity contribution is 9.10. The van der Waals surface area contributed by atoms with E-state index in [1.165, 1.54) is 49.2 Å². The maximum Gasteiger partial charge on any atom is 0.283 e. The Morgan fingerprint density at radius 2 is 2.03 bits per heavy atom. The quantitative estimate of drug-likeness (QED) is 0.407. The zero-order valence-corrected chi connectivity index (χ0v) is 22.0. The average Bonchev–Trinajstić information content (AvgIpc) is 3.31. The van der Waals surface area contributed by atoms with Crippen LogP contribution < -0.4 is 9.47 Å². The fourth-order valence-electron chi connectivity index (χ4n) is 4.42. The molecular formula is C26H24BrFN4O3S. The molecule has 2 aromatic rings. The van der Waals surface area contributed by atoms with E-state index in [-0.39, 0.29) is 23.8 Å². The van der Waals surface area contributed by atoms with Gasteiger partial charge in [0.15, 0.2) is 17.3 Å². The molecule has 0 radical (unpaired) electrons. The average molecular weight is 571 g/mol. The molecule has 1 aliphatic carbocycles. The summed E-state index contributed by atoms with van der Waals surface area (Å²) in [6.45, 7) is 0.0245. The lowest BCUT2D eigenvalue weighted by Gasteiger charge is -2.20. The Hall–Kier alpha value is -2.98. The summed E-state index contributed by atoms with van der Waals surface area (Å²) in [5, 5.41) is 16.2. The van der Waals surface area contributed by atoms with Crippen LogP contribution in [0.15, 0.2) is 56.5 Å². The molecule has 0 bridgehead atoms. The minimum absolute atomic E-state index is 0.00159. The third-order valence-corrected chi connectivity index (χ3v) is 7.98. The zero-order valence-electron chi connectivity index (χ0n) is 19.6. The minimum atomic E-state index is -0.478. The molecule has 5 rings (SSSR count). The number of ether oxygens (including phenoxy) is 2. The fourth-order valence-corrected chi connectivity index (χ4v) is 6.05. The molecule has 0 aromatic heterocycles. The van der Waals surface area contributed by atoms with E-state index >= 15 is 0 Å². The number of carbonyl (C=O) groups is 1. The summed E-state index contributed by atoms with van der Waals surface area (Å²) < 4.78 is 25.9. The topological polar surface area (TPSA) is 87.3 Å². The third-order valence-electron chi connectivity index (χ3n) is 6.32. The van der Waals surface area contributed by atoms with E-state index in [1.54, 1.807) is 36.4 Å². The number of nitrogens with one attached hydrogen (secondary N) is 1. The molecule has 2 aliphatic heterocycles. The molecule has 36 heavy (non-hydrogen) atoms. The van der Waals surface area contributed by atoms with Gasteiger partial charge in [-0.05, 0) is 70.4 Å². The van der Waals surface area contributed by atoms with Crippen LogP contribution in [0.3, 0.4) is 0 Å². The number of thioether (sulfide) groups is 1. The van der Waals surface area contributed by atoms with Gasteiger partial charge in [-0.3, -0.25) is 10.2 Å². The summed E-state index contributed by atoms with van der Waals surface area (Å²) in [4.78, 5) is 17.1. The van der Waals surface area contributed by atoms with Gasteiger partial charge < -0.3 is 9.47 Å². The largest absolute Gasteiger partial charge is 0.493 e. The predicted molar refractivity (Wildman–Crippen MR) is 143 cm³/mol. The van der Waals surface area contributed by atoms with Crippen molar-refractivity contribution in [2.45, 2.75) is 38.7 Å². The summed E-state index contributed by atoms with van der Waals surface area (Å²) in [5.74, 6) is 0.348. The standard InChI is InChI=1S/C26H24BrFN4O3S/c1-34-21-13-15(12-19(27)22(21)35-14-17-9-5-6-10-20(17)28)11-18-23(29)32-26(30-24(18)33)36-25(31-32)16-7-3-2-4-8-16/h5-6,9-13,16,29H,2-4,7-8,14H2,1H3/b18-11+,29-23?. The molecule has 1 amide bonds. The van der Waals surface area contributed by atoms with Crippen LogP contribution in [0.5, 0.6) is 11.5 Å². The SMILES string of the molecule is COc1cc(/C=C2\C(=N)N3N=C(C4CCCCC4)SC3=NC2=O)cc(Br)c1OCc1ccccc1F. The summed E-state index contributed by atoms with van der Waals surface area (Å²) in [6.07, 6.45) is 7.35. The molecule has 0 spiro atoms. The number of nitrogens with zero attached hydrogens (tertiary/aromatic N) is 3. The molecule has 3 aliphatic rings. The molecule has 10 heteroatoms.